The smallest absolute Gasteiger partial charge is 0.248 e. The third-order valence-corrected chi connectivity index (χ3v) is 3.65. The van der Waals surface area contributed by atoms with E-state index in [1.165, 1.54) is 0 Å². The second-order valence-corrected chi connectivity index (χ2v) is 5.82. The zero-order chi connectivity index (χ0) is 14.8. The molecule has 1 fully saturated rings. The van der Waals surface area contributed by atoms with Crippen LogP contribution < -0.4 is 5.32 Å². The fourth-order valence-electron chi connectivity index (χ4n) is 2.63. The van der Waals surface area contributed by atoms with E-state index in [0.717, 1.165) is 12.0 Å². The maximum atomic E-state index is 12.5. The third-order valence-electron chi connectivity index (χ3n) is 3.65. The maximum absolute atomic E-state index is 12.5. The molecule has 0 aliphatic carbocycles. The number of carbonyl (C=O) groups excluding carboxylic acids is 2. The van der Waals surface area contributed by atoms with Gasteiger partial charge in [0.05, 0.1) is 0 Å². The molecule has 4 heteroatoms. The fraction of sp³-hybridized carbons (Fsp3) is 0.500. The van der Waals surface area contributed by atoms with Gasteiger partial charge in [-0.15, -0.1) is 0 Å². The van der Waals surface area contributed by atoms with Crippen LogP contribution in [0.1, 0.15) is 32.8 Å². The highest BCUT2D eigenvalue weighted by molar-refractivity contribution is 5.99. The number of hydrogen-bond acceptors (Lipinski definition) is 2. The van der Waals surface area contributed by atoms with E-state index in [1.807, 2.05) is 37.3 Å². The Kier molecular flexibility index (Phi) is 4.12. The van der Waals surface area contributed by atoms with Crippen LogP contribution in [0.2, 0.25) is 0 Å². The molecule has 0 bridgehead atoms. The third kappa shape index (κ3) is 2.84. The van der Waals surface area contributed by atoms with Crippen molar-refractivity contribution >= 4 is 11.8 Å². The minimum Gasteiger partial charge on any atom is -0.340 e. The Balaban J connectivity index is 2.24. The lowest BCUT2D eigenvalue weighted by molar-refractivity contribution is -0.153. The van der Waals surface area contributed by atoms with E-state index in [9.17, 15) is 9.59 Å². The van der Waals surface area contributed by atoms with Gasteiger partial charge in [0.25, 0.3) is 0 Å². The van der Waals surface area contributed by atoms with E-state index in [1.54, 1.807) is 18.7 Å². The summed E-state index contributed by atoms with van der Waals surface area (Å²) >= 11 is 0. The molecule has 0 saturated carbocycles. The van der Waals surface area contributed by atoms with Crippen LogP contribution in [0.4, 0.5) is 0 Å². The van der Waals surface area contributed by atoms with Gasteiger partial charge < -0.3 is 10.2 Å². The number of piperazine rings is 1. The summed E-state index contributed by atoms with van der Waals surface area (Å²) in [5.41, 5.74) is 0.265. The first-order valence-corrected chi connectivity index (χ1v) is 7.12. The van der Waals surface area contributed by atoms with E-state index < -0.39 is 11.6 Å². The Morgan fingerprint density at radius 1 is 1.20 bits per heavy atom. The largest absolute Gasteiger partial charge is 0.340 e. The predicted octanol–water partition coefficient (Wildman–Crippen LogP) is 1.74. The van der Waals surface area contributed by atoms with Gasteiger partial charge in [-0.1, -0.05) is 37.3 Å². The van der Waals surface area contributed by atoms with Crippen molar-refractivity contribution in [2.75, 3.05) is 6.54 Å². The predicted molar refractivity (Wildman–Crippen MR) is 78.2 cm³/mol. The maximum Gasteiger partial charge on any atom is 0.248 e. The SMILES string of the molecule is CCCN1C(=O)C(C)(C)NC(=O)C1Cc1ccccc1. The van der Waals surface area contributed by atoms with Gasteiger partial charge in [0.1, 0.15) is 11.6 Å². The van der Waals surface area contributed by atoms with Crippen molar-refractivity contribution in [3.8, 4) is 0 Å². The monoisotopic (exact) mass is 274 g/mol. The summed E-state index contributed by atoms with van der Waals surface area (Å²) in [5.74, 6) is -0.0632. The van der Waals surface area contributed by atoms with Crippen LogP contribution in [0, 0.1) is 0 Å². The number of amides is 2. The molecule has 0 spiro atoms. The van der Waals surface area contributed by atoms with Gasteiger partial charge >= 0.3 is 0 Å². The lowest BCUT2D eigenvalue weighted by Crippen LogP contribution is -2.68. The van der Waals surface area contributed by atoms with Gasteiger partial charge in [-0.25, -0.2) is 0 Å². The van der Waals surface area contributed by atoms with Crippen LogP contribution in [0.5, 0.6) is 0 Å². The van der Waals surface area contributed by atoms with Gasteiger partial charge in [-0.05, 0) is 25.8 Å². The molecule has 108 valence electrons. The van der Waals surface area contributed by atoms with E-state index in [0.29, 0.717) is 13.0 Å². The highest BCUT2D eigenvalue weighted by atomic mass is 16.2. The molecule has 0 radical (unpaired) electrons. The zero-order valence-electron chi connectivity index (χ0n) is 12.3. The van der Waals surface area contributed by atoms with Gasteiger partial charge in [-0.2, -0.15) is 0 Å². The molecule has 1 aromatic rings. The van der Waals surface area contributed by atoms with Crippen molar-refractivity contribution in [2.45, 2.75) is 45.2 Å². The standard InChI is InChI=1S/C16H22N2O2/c1-4-10-18-13(11-12-8-6-5-7-9-12)14(19)17-16(2,3)15(18)20/h5-9,13H,4,10-11H2,1-3H3,(H,17,19). The summed E-state index contributed by atoms with van der Waals surface area (Å²) in [7, 11) is 0. The average molecular weight is 274 g/mol. The van der Waals surface area contributed by atoms with Crippen LogP contribution in [0.15, 0.2) is 30.3 Å². The molecule has 1 aliphatic heterocycles. The molecule has 1 saturated heterocycles. The number of hydrogen-bond donors (Lipinski definition) is 1. The van der Waals surface area contributed by atoms with Crippen molar-refractivity contribution < 1.29 is 9.59 Å². The molecular weight excluding hydrogens is 252 g/mol. The zero-order valence-corrected chi connectivity index (χ0v) is 12.3. The first kappa shape index (κ1) is 14.6. The minimum absolute atomic E-state index is 0.000110. The highest BCUT2D eigenvalue weighted by Crippen LogP contribution is 2.21. The normalized spacial score (nSPS) is 21.8. The molecule has 2 amide bonds. The number of nitrogens with zero attached hydrogens (tertiary/aromatic N) is 1. The minimum atomic E-state index is -0.806. The van der Waals surface area contributed by atoms with Crippen molar-refractivity contribution in [3.05, 3.63) is 35.9 Å². The quantitative estimate of drug-likeness (QED) is 0.909. The molecule has 4 nitrogen and oxygen atoms in total. The van der Waals surface area contributed by atoms with Crippen LogP contribution >= 0.6 is 0 Å². The topological polar surface area (TPSA) is 49.4 Å². The summed E-state index contributed by atoms with van der Waals surface area (Å²) in [6.45, 7) is 6.16. The highest BCUT2D eigenvalue weighted by Gasteiger charge is 2.44. The Labute approximate surface area is 120 Å². The van der Waals surface area contributed by atoms with Crippen LogP contribution in [-0.2, 0) is 16.0 Å². The Bertz CT molecular complexity index is 496. The fourth-order valence-corrected chi connectivity index (χ4v) is 2.63. The van der Waals surface area contributed by atoms with E-state index >= 15 is 0 Å². The summed E-state index contributed by atoms with van der Waals surface area (Å²) in [5, 5.41) is 2.83. The van der Waals surface area contributed by atoms with E-state index in [4.69, 9.17) is 0 Å². The van der Waals surface area contributed by atoms with Crippen molar-refractivity contribution in [2.24, 2.45) is 0 Å². The Hall–Kier alpha value is -1.84. The number of nitrogens with one attached hydrogen (secondary N) is 1. The lowest BCUT2D eigenvalue weighted by Gasteiger charge is -2.42. The molecule has 1 aliphatic rings. The lowest BCUT2D eigenvalue weighted by atomic mass is 9.93. The molecule has 2 rings (SSSR count). The van der Waals surface area contributed by atoms with Gasteiger partial charge in [0, 0.05) is 13.0 Å². The molecule has 1 N–H and O–H groups in total. The molecule has 1 aromatic carbocycles. The first-order valence-electron chi connectivity index (χ1n) is 7.12. The Morgan fingerprint density at radius 3 is 2.45 bits per heavy atom. The Morgan fingerprint density at radius 2 is 1.85 bits per heavy atom. The van der Waals surface area contributed by atoms with Crippen molar-refractivity contribution in [1.29, 1.82) is 0 Å². The molecule has 1 unspecified atom stereocenters. The second-order valence-electron chi connectivity index (χ2n) is 5.82. The summed E-state index contributed by atoms with van der Waals surface area (Å²) < 4.78 is 0. The number of carbonyl (C=O) groups is 2. The summed E-state index contributed by atoms with van der Waals surface area (Å²) in [6, 6.07) is 9.42. The van der Waals surface area contributed by atoms with Crippen molar-refractivity contribution in [3.63, 3.8) is 0 Å². The second kappa shape index (κ2) is 5.65. The van der Waals surface area contributed by atoms with Gasteiger partial charge in [0.15, 0.2) is 0 Å². The molecular formula is C16H22N2O2. The molecule has 20 heavy (non-hydrogen) atoms. The van der Waals surface area contributed by atoms with Gasteiger partial charge in [-0.3, -0.25) is 9.59 Å². The van der Waals surface area contributed by atoms with Crippen LogP contribution in [0.25, 0.3) is 0 Å². The summed E-state index contributed by atoms with van der Waals surface area (Å²) in [6.07, 6.45) is 1.41. The number of benzene rings is 1. The van der Waals surface area contributed by atoms with Crippen LogP contribution in [-0.4, -0.2) is 34.8 Å². The van der Waals surface area contributed by atoms with E-state index in [2.05, 4.69) is 5.32 Å². The summed E-state index contributed by atoms with van der Waals surface area (Å²) in [4.78, 5) is 26.6. The van der Waals surface area contributed by atoms with Gasteiger partial charge in [0.2, 0.25) is 11.8 Å². The molecule has 1 atom stereocenters. The molecule has 1 heterocycles. The van der Waals surface area contributed by atoms with Crippen LogP contribution in [0.3, 0.4) is 0 Å². The molecule has 0 aromatic heterocycles. The first-order chi connectivity index (χ1) is 9.45. The average Bonchev–Trinajstić information content (AvgIpc) is 2.41. The number of rotatable bonds is 4. The van der Waals surface area contributed by atoms with E-state index in [-0.39, 0.29) is 11.8 Å². The van der Waals surface area contributed by atoms with Crippen molar-refractivity contribution in [1.82, 2.24) is 10.2 Å².